The third-order valence-corrected chi connectivity index (χ3v) is 1.48. The van der Waals surface area contributed by atoms with E-state index in [0.717, 1.165) is 10.9 Å². The summed E-state index contributed by atoms with van der Waals surface area (Å²) in [5.74, 6) is -0.283. The van der Waals surface area contributed by atoms with E-state index in [1.165, 1.54) is 6.08 Å². The van der Waals surface area contributed by atoms with Gasteiger partial charge in [0.25, 0.3) is 0 Å². The van der Waals surface area contributed by atoms with Crippen LogP contribution in [-0.4, -0.2) is 17.9 Å². The summed E-state index contributed by atoms with van der Waals surface area (Å²) >= 11 is 3.24. The molecule has 0 aromatic carbocycles. The van der Waals surface area contributed by atoms with Crippen LogP contribution in [0.4, 0.5) is 0 Å². The van der Waals surface area contributed by atoms with Crippen molar-refractivity contribution in [1.29, 1.82) is 0 Å². The largest absolute Gasteiger partial charge is 0.463 e. The lowest BCUT2D eigenvalue weighted by molar-refractivity contribution is -0.137. The number of allylic oxidation sites excluding steroid dienone is 3. The van der Waals surface area contributed by atoms with Crippen molar-refractivity contribution in [3.05, 3.63) is 23.8 Å². The maximum Gasteiger partial charge on any atom is 0.330 e. The number of carbonyl (C=O) groups excluding carboxylic acids is 1. The molecule has 0 spiro atoms. The first-order valence-electron chi connectivity index (χ1n) is 3.78. The monoisotopic (exact) mass is 232 g/mol. The van der Waals surface area contributed by atoms with E-state index in [1.807, 2.05) is 19.1 Å². The van der Waals surface area contributed by atoms with E-state index in [4.69, 9.17) is 4.74 Å². The van der Waals surface area contributed by atoms with Gasteiger partial charge in [-0.25, -0.2) is 4.79 Å². The Morgan fingerprint density at radius 2 is 2.25 bits per heavy atom. The van der Waals surface area contributed by atoms with Crippen LogP contribution in [0, 0.1) is 0 Å². The van der Waals surface area contributed by atoms with Gasteiger partial charge >= 0.3 is 5.97 Å². The highest BCUT2D eigenvalue weighted by atomic mass is 79.9. The second-order valence-electron chi connectivity index (χ2n) is 2.20. The molecular formula is C9H13BrO2. The van der Waals surface area contributed by atoms with E-state index in [9.17, 15) is 4.79 Å². The second kappa shape index (κ2) is 7.10. The summed E-state index contributed by atoms with van der Waals surface area (Å²) in [6.45, 7) is 4.07. The minimum absolute atomic E-state index is 0.283. The van der Waals surface area contributed by atoms with Gasteiger partial charge in [0.05, 0.1) is 6.61 Å². The molecule has 0 amide bonds. The fourth-order valence-corrected chi connectivity index (χ4v) is 0.835. The third kappa shape index (κ3) is 6.16. The molecule has 0 aromatic rings. The van der Waals surface area contributed by atoms with Crippen LogP contribution in [0.3, 0.4) is 0 Å². The van der Waals surface area contributed by atoms with Crippen molar-refractivity contribution in [2.75, 3.05) is 11.9 Å². The lowest BCUT2D eigenvalue weighted by atomic mass is 10.2. The van der Waals surface area contributed by atoms with Crippen molar-refractivity contribution in [2.24, 2.45) is 0 Å². The van der Waals surface area contributed by atoms with E-state index in [0.29, 0.717) is 6.61 Å². The quantitative estimate of drug-likeness (QED) is 0.322. The normalized spacial score (nSPS) is 12.1. The molecule has 0 saturated heterocycles. The van der Waals surface area contributed by atoms with Crippen molar-refractivity contribution in [1.82, 2.24) is 0 Å². The summed E-state index contributed by atoms with van der Waals surface area (Å²) in [6, 6.07) is 0. The topological polar surface area (TPSA) is 26.3 Å². The molecule has 0 rings (SSSR count). The number of hydrogen-bond acceptors (Lipinski definition) is 2. The zero-order valence-electron chi connectivity index (χ0n) is 7.34. The number of hydrogen-bond donors (Lipinski definition) is 0. The number of carbonyl (C=O) groups is 1. The molecule has 0 N–H and O–H groups in total. The predicted octanol–water partition coefficient (Wildman–Crippen LogP) is 2.45. The molecule has 0 aliphatic carbocycles. The van der Waals surface area contributed by atoms with Crippen LogP contribution >= 0.6 is 15.9 Å². The van der Waals surface area contributed by atoms with E-state index in [2.05, 4.69) is 15.9 Å². The molecule has 0 fully saturated rings. The molecule has 0 unspecified atom stereocenters. The van der Waals surface area contributed by atoms with Gasteiger partial charge in [-0.1, -0.05) is 28.1 Å². The standard InChI is InChI=1S/C9H13BrO2/c1-3-12-9(11)7-8(2)5-4-6-10/h4-5,7H,3,6H2,1-2H3/b5-4+,8-7-. The molecule has 0 atom stereocenters. The number of rotatable bonds is 4. The maximum atomic E-state index is 10.9. The second-order valence-corrected chi connectivity index (χ2v) is 2.84. The molecule has 3 heteroatoms. The fraction of sp³-hybridized carbons (Fsp3) is 0.444. The van der Waals surface area contributed by atoms with Crippen molar-refractivity contribution in [3.8, 4) is 0 Å². The molecule has 68 valence electrons. The van der Waals surface area contributed by atoms with Gasteiger partial charge < -0.3 is 4.74 Å². The zero-order valence-corrected chi connectivity index (χ0v) is 8.93. The summed E-state index contributed by atoms with van der Waals surface area (Å²) < 4.78 is 4.73. The fourth-order valence-electron chi connectivity index (χ4n) is 0.648. The van der Waals surface area contributed by atoms with Gasteiger partial charge in [-0.15, -0.1) is 0 Å². The first-order valence-corrected chi connectivity index (χ1v) is 4.90. The zero-order chi connectivity index (χ0) is 9.40. The summed E-state index contributed by atoms with van der Waals surface area (Å²) in [7, 11) is 0. The molecule has 12 heavy (non-hydrogen) atoms. The van der Waals surface area contributed by atoms with Crippen molar-refractivity contribution in [3.63, 3.8) is 0 Å². The molecule has 0 aliphatic heterocycles. The van der Waals surface area contributed by atoms with Gasteiger partial charge in [0.2, 0.25) is 0 Å². The average molecular weight is 233 g/mol. The number of esters is 1. The van der Waals surface area contributed by atoms with Crippen LogP contribution in [-0.2, 0) is 9.53 Å². The first kappa shape index (κ1) is 11.4. The highest BCUT2D eigenvalue weighted by molar-refractivity contribution is 9.09. The van der Waals surface area contributed by atoms with Crippen LogP contribution in [0.2, 0.25) is 0 Å². The summed E-state index contributed by atoms with van der Waals surface area (Å²) in [4.78, 5) is 10.9. The van der Waals surface area contributed by atoms with Crippen molar-refractivity contribution >= 4 is 21.9 Å². The first-order chi connectivity index (χ1) is 5.70. The van der Waals surface area contributed by atoms with Gasteiger partial charge in [-0.3, -0.25) is 0 Å². The summed E-state index contributed by atoms with van der Waals surface area (Å²) in [5.41, 5.74) is 0.896. The minimum Gasteiger partial charge on any atom is -0.463 e. The number of alkyl halides is 1. The van der Waals surface area contributed by atoms with Crippen molar-refractivity contribution < 1.29 is 9.53 Å². The Morgan fingerprint density at radius 1 is 1.58 bits per heavy atom. The number of halogens is 1. The van der Waals surface area contributed by atoms with E-state index >= 15 is 0 Å². The molecular weight excluding hydrogens is 220 g/mol. The van der Waals surface area contributed by atoms with E-state index < -0.39 is 0 Å². The number of ether oxygens (including phenoxy) is 1. The minimum atomic E-state index is -0.283. The molecule has 0 saturated carbocycles. The van der Waals surface area contributed by atoms with Gasteiger partial charge in [0.15, 0.2) is 0 Å². The van der Waals surface area contributed by atoms with Gasteiger partial charge in [0.1, 0.15) is 0 Å². The molecule has 0 radical (unpaired) electrons. The lowest BCUT2D eigenvalue weighted by Gasteiger charge is -1.95. The van der Waals surface area contributed by atoms with Crippen LogP contribution in [0.1, 0.15) is 13.8 Å². The van der Waals surface area contributed by atoms with E-state index in [-0.39, 0.29) is 5.97 Å². The smallest absolute Gasteiger partial charge is 0.330 e. The summed E-state index contributed by atoms with van der Waals surface area (Å²) in [5, 5.41) is 0.793. The third-order valence-electron chi connectivity index (χ3n) is 1.10. The van der Waals surface area contributed by atoms with E-state index in [1.54, 1.807) is 6.92 Å². The van der Waals surface area contributed by atoms with Gasteiger partial charge in [-0.05, 0) is 19.4 Å². The van der Waals surface area contributed by atoms with Gasteiger partial charge in [-0.2, -0.15) is 0 Å². The Labute approximate surface area is 81.4 Å². The van der Waals surface area contributed by atoms with Gasteiger partial charge in [0, 0.05) is 11.4 Å². The SMILES string of the molecule is CCOC(=O)/C=C(C)\C=C\CBr. The molecule has 0 aliphatic rings. The highest BCUT2D eigenvalue weighted by Gasteiger charge is 1.94. The molecule has 0 bridgehead atoms. The summed E-state index contributed by atoms with van der Waals surface area (Å²) in [6.07, 6.45) is 5.26. The molecule has 2 nitrogen and oxygen atoms in total. The highest BCUT2D eigenvalue weighted by Crippen LogP contribution is 1.96. The molecule has 0 heterocycles. The van der Waals surface area contributed by atoms with Crippen molar-refractivity contribution in [2.45, 2.75) is 13.8 Å². The lowest BCUT2D eigenvalue weighted by Crippen LogP contribution is -1.99. The Morgan fingerprint density at radius 3 is 2.75 bits per heavy atom. The molecule has 0 aromatic heterocycles. The maximum absolute atomic E-state index is 10.9. The predicted molar refractivity (Wildman–Crippen MR) is 53.3 cm³/mol. The van der Waals surface area contributed by atoms with Crippen LogP contribution in [0.25, 0.3) is 0 Å². The Balaban J connectivity index is 3.97. The van der Waals surface area contributed by atoms with Crippen LogP contribution < -0.4 is 0 Å². The average Bonchev–Trinajstić information content (AvgIpc) is 2.01. The van der Waals surface area contributed by atoms with Crippen LogP contribution in [0.15, 0.2) is 23.8 Å². The van der Waals surface area contributed by atoms with Crippen LogP contribution in [0.5, 0.6) is 0 Å². The Kier molecular flexibility index (Phi) is 6.76. The Hall–Kier alpha value is -0.570. The Bertz CT molecular complexity index is 195.